The van der Waals surface area contributed by atoms with Crippen molar-refractivity contribution in [1.29, 1.82) is 0 Å². The zero-order chi connectivity index (χ0) is 3.41. The zero-order valence-corrected chi connectivity index (χ0v) is 8.74. The van der Waals surface area contributed by atoms with E-state index in [1.165, 1.54) is 12.8 Å². The van der Waals surface area contributed by atoms with Gasteiger partial charge in [-0.15, -0.1) is 0 Å². The molecule has 0 aromatic heterocycles. The van der Waals surface area contributed by atoms with Gasteiger partial charge in [0.05, 0.1) is 0 Å². The van der Waals surface area contributed by atoms with Crippen LogP contribution < -0.4 is 0 Å². The fourth-order valence-electron chi connectivity index (χ4n) is 0. The van der Waals surface area contributed by atoms with Crippen LogP contribution >= 0.6 is 0 Å². The maximum Gasteiger partial charge on any atom is 0 e. The number of hydrogen-bond acceptors (Lipinski definition) is 0. The molecule has 0 spiro atoms. The molecule has 0 rings (SSSR count). The minimum Gasteiger partial charge on any atom is -0.0654 e. The second-order valence-electron chi connectivity index (χ2n) is 1.000. The first-order chi connectivity index (χ1) is 1.91. The Kier molecular flexibility index (Phi) is 17.5. The summed E-state index contributed by atoms with van der Waals surface area (Å²) in [7, 11) is 0. The summed E-state index contributed by atoms with van der Waals surface area (Å²) < 4.78 is 0. The average molecular weight is 285 g/mol. The topological polar surface area (TPSA) is 0 Å². The molecule has 0 fully saturated rings. The van der Waals surface area contributed by atoms with Crippen LogP contribution in [0.25, 0.3) is 0 Å². The van der Waals surface area contributed by atoms with Crippen molar-refractivity contribution in [3.63, 3.8) is 0 Å². The van der Waals surface area contributed by atoms with Crippen LogP contribution in [0.1, 0.15) is 26.7 Å². The minimum absolute atomic E-state index is 0. The van der Waals surface area contributed by atoms with Gasteiger partial charge in [-0.05, 0) is 0 Å². The Bertz CT molecular complexity index is 5.61. The molecule has 0 nitrogen and oxygen atoms in total. The van der Waals surface area contributed by atoms with E-state index >= 15 is 0 Å². The van der Waals surface area contributed by atoms with Gasteiger partial charge in [-0.25, -0.2) is 0 Å². The molecule has 0 aliphatic heterocycles. The Labute approximate surface area is 69.9 Å². The molecule has 0 aliphatic carbocycles. The first-order valence-corrected chi connectivity index (χ1v) is 1.91. The number of hydrogen-bond donors (Lipinski definition) is 0. The summed E-state index contributed by atoms with van der Waals surface area (Å²) in [6.07, 6.45) is 2.64. The Balaban J connectivity index is 0. The number of rotatable bonds is 1. The van der Waals surface area contributed by atoms with E-state index in [2.05, 4.69) is 13.8 Å². The van der Waals surface area contributed by atoms with E-state index in [0.29, 0.717) is 0 Å². The molecule has 1 radical (unpaired) electrons. The average Bonchev–Trinajstić information content (AvgIpc) is 1.37. The normalized spacial score (nSPS) is 6.00. The molecule has 0 aliphatic rings. The monoisotopic (exact) mass is 285 g/mol. The second kappa shape index (κ2) is 9.06. The molecule has 29 valence electrons. The van der Waals surface area contributed by atoms with Crippen LogP contribution in [0.5, 0.6) is 0 Å². The molecule has 1 heteroatoms. The van der Waals surface area contributed by atoms with Crippen molar-refractivity contribution in [2.24, 2.45) is 0 Å². The largest absolute Gasteiger partial charge is 0.0654 e. The van der Waals surface area contributed by atoms with Crippen LogP contribution in [0.2, 0.25) is 0 Å². The summed E-state index contributed by atoms with van der Waals surface area (Å²) in [6, 6.07) is 0. The fraction of sp³-hybridized carbons (Fsp3) is 1.00. The van der Waals surface area contributed by atoms with E-state index in [1.807, 2.05) is 0 Å². The van der Waals surface area contributed by atoms with E-state index in [-0.39, 0.29) is 44.1 Å². The Morgan fingerprint density at radius 3 is 1.20 bits per heavy atom. The van der Waals surface area contributed by atoms with Crippen LogP contribution in [0.15, 0.2) is 0 Å². The molecule has 0 N–H and O–H groups in total. The molecule has 0 unspecified atom stereocenters. The first-order valence-electron chi connectivity index (χ1n) is 1.91. The van der Waals surface area contributed by atoms with E-state index in [1.54, 1.807) is 0 Å². The standard InChI is InChI=1S/C4H10.Ac/c1-3-4-2;/h3-4H2,1-2H3;. The van der Waals surface area contributed by atoms with Crippen LogP contribution in [0.4, 0.5) is 0 Å². The summed E-state index contributed by atoms with van der Waals surface area (Å²) in [6.45, 7) is 4.36. The molecular weight excluding hydrogens is 275 g/mol. The smallest absolute Gasteiger partial charge is 0 e. The summed E-state index contributed by atoms with van der Waals surface area (Å²) >= 11 is 0. The van der Waals surface area contributed by atoms with Gasteiger partial charge in [-0.2, -0.15) is 0 Å². The van der Waals surface area contributed by atoms with Crippen LogP contribution in [-0.2, 0) is 0 Å². The van der Waals surface area contributed by atoms with Gasteiger partial charge < -0.3 is 0 Å². The molecule has 0 heterocycles. The van der Waals surface area contributed by atoms with E-state index < -0.39 is 0 Å². The van der Waals surface area contributed by atoms with Gasteiger partial charge in [0.25, 0.3) is 0 Å². The molecule has 0 bridgehead atoms. The van der Waals surface area contributed by atoms with Crippen molar-refractivity contribution in [3.05, 3.63) is 0 Å². The summed E-state index contributed by atoms with van der Waals surface area (Å²) in [5.41, 5.74) is 0. The van der Waals surface area contributed by atoms with Crippen LogP contribution in [0.3, 0.4) is 0 Å². The SMILES string of the molecule is CCCC.[Ac]. The first kappa shape index (κ1) is 9.67. The van der Waals surface area contributed by atoms with Gasteiger partial charge in [0, 0.05) is 44.1 Å². The van der Waals surface area contributed by atoms with Crippen LogP contribution in [-0.4, -0.2) is 0 Å². The zero-order valence-electron chi connectivity index (χ0n) is 3.99. The quantitative estimate of drug-likeness (QED) is 0.689. The maximum atomic E-state index is 2.18. The van der Waals surface area contributed by atoms with Crippen molar-refractivity contribution in [2.75, 3.05) is 0 Å². The molecule has 5 heavy (non-hydrogen) atoms. The van der Waals surface area contributed by atoms with E-state index in [0.717, 1.165) is 0 Å². The van der Waals surface area contributed by atoms with Gasteiger partial charge in [-0.3, -0.25) is 0 Å². The van der Waals surface area contributed by atoms with E-state index in [4.69, 9.17) is 0 Å². The van der Waals surface area contributed by atoms with Crippen molar-refractivity contribution in [2.45, 2.75) is 26.7 Å². The van der Waals surface area contributed by atoms with Crippen molar-refractivity contribution in [1.82, 2.24) is 0 Å². The predicted molar refractivity (Wildman–Crippen MR) is 20.6 cm³/mol. The maximum absolute atomic E-state index is 2.18. The predicted octanol–water partition coefficient (Wildman–Crippen LogP) is 1.81. The third-order valence-electron chi connectivity index (χ3n) is 0.500. The van der Waals surface area contributed by atoms with Gasteiger partial charge in [-0.1, -0.05) is 26.7 Å². The van der Waals surface area contributed by atoms with E-state index in [9.17, 15) is 0 Å². The molecule has 0 atom stereocenters. The molecule has 0 aromatic rings. The number of unbranched alkanes of at least 4 members (excludes halogenated alkanes) is 1. The Morgan fingerprint density at radius 1 is 1.00 bits per heavy atom. The Hall–Kier alpha value is 1.44. The fourth-order valence-corrected chi connectivity index (χ4v) is 0. The van der Waals surface area contributed by atoms with Crippen molar-refractivity contribution < 1.29 is 44.1 Å². The Morgan fingerprint density at radius 2 is 1.20 bits per heavy atom. The molecule has 0 aromatic carbocycles. The summed E-state index contributed by atoms with van der Waals surface area (Å²) in [5, 5.41) is 0. The van der Waals surface area contributed by atoms with Gasteiger partial charge in [0.1, 0.15) is 0 Å². The molecule has 0 saturated heterocycles. The summed E-state index contributed by atoms with van der Waals surface area (Å²) in [5.74, 6) is 0. The third-order valence-corrected chi connectivity index (χ3v) is 0.500. The van der Waals surface area contributed by atoms with Gasteiger partial charge in [0.15, 0.2) is 0 Å². The van der Waals surface area contributed by atoms with Crippen LogP contribution in [0, 0.1) is 44.1 Å². The van der Waals surface area contributed by atoms with Gasteiger partial charge >= 0.3 is 0 Å². The molecular formula is C4H10Ac. The molecule has 0 saturated carbocycles. The van der Waals surface area contributed by atoms with Crippen molar-refractivity contribution >= 4 is 0 Å². The summed E-state index contributed by atoms with van der Waals surface area (Å²) in [4.78, 5) is 0. The minimum atomic E-state index is 0. The van der Waals surface area contributed by atoms with Gasteiger partial charge in [0.2, 0.25) is 0 Å². The molecule has 0 amide bonds. The van der Waals surface area contributed by atoms with Crippen molar-refractivity contribution in [3.8, 4) is 0 Å². The second-order valence-corrected chi connectivity index (χ2v) is 1.000. The third kappa shape index (κ3) is 10.8.